The molecular formula is C56H95N19O21. The van der Waals surface area contributed by atoms with Crippen molar-refractivity contribution < 1.29 is 102 Å². The van der Waals surface area contributed by atoms with Gasteiger partial charge in [0.15, 0.2) is 5.96 Å². The first-order chi connectivity index (χ1) is 44.9. The van der Waals surface area contributed by atoms with Crippen LogP contribution in [0, 0.1) is 11.8 Å². The molecule has 1 fully saturated rings. The zero-order valence-corrected chi connectivity index (χ0v) is 54.0. The summed E-state index contributed by atoms with van der Waals surface area (Å²) < 4.78 is 0. The number of nitrogens with two attached hydrogens (primary N) is 7. The van der Waals surface area contributed by atoms with Crippen LogP contribution in [0.15, 0.2) is 4.99 Å². The lowest BCUT2D eigenvalue weighted by Gasteiger charge is -2.30. The smallest absolute Gasteiger partial charge is 0.326 e. The monoisotopic (exact) mass is 1370 g/mol. The maximum absolute atomic E-state index is 14.4. The van der Waals surface area contributed by atoms with Crippen LogP contribution in [-0.2, 0) is 81.5 Å². The Balaban J connectivity index is 3.57. The molecule has 1 rings (SSSR count). The summed E-state index contributed by atoms with van der Waals surface area (Å²) in [6.07, 6.45) is -5.69. The lowest BCUT2D eigenvalue weighted by molar-refractivity contribution is -0.144. The quantitative estimate of drug-likeness (QED) is 0.0153. The molecule has 0 aliphatic carbocycles. The number of carboxylic acid groups (broad SMARTS) is 3. The highest BCUT2D eigenvalue weighted by Gasteiger charge is 2.41. The maximum Gasteiger partial charge on any atom is 0.326 e. The Bertz CT molecular complexity index is 2800. The number of nitrogens with one attached hydrogen (secondary N) is 10. The summed E-state index contributed by atoms with van der Waals surface area (Å²) in [5, 5.41) is 61.6. The number of aliphatic hydroxyl groups is 1. The van der Waals surface area contributed by atoms with Crippen molar-refractivity contribution in [1.82, 2.24) is 58.1 Å². The highest BCUT2D eigenvalue weighted by atomic mass is 16.4. The minimum atomic E-state index is -2.11. The van der Waals surface area contributed by atoms with E-state index in [1.807, 2.05) is 0 Å². The van der Waals surface area contributed by atoms with Gasteiger partial charge in [-0.2, -0.15) is 0 Å². The van der Waals surface area contributed by atoms with Gasteiger partial charge >= 0.3 is 17.9 Å². The van der Waals surface area contributed by atoms with Crippen molar-refractivity contribution in [3.05, 3.63) is 0 Å². The van der Waals surface area contributed by atoms with Gasteiger partial charge in [0.1, 0.15) is 66.5 Å². The van der Waals surface area contributed by atoms with Gasteiger partial charge in [-0.1, -0.05) is 27.7 Å². The van der Waals surface area contributed by atoms with E-state index in [0.717, 1.165) is 4.90 Å². The normalized spacial score (nSPS) is 15.7. The van der Waals surface area contributed by atoms with Crippen molar-refractivity contribution in [3.8, 4) is 0 Å². The van der Waals surface area contributed by atoms with Crippen molar-refractivity contribution in [2.75, 3.05) is 32.8 Å². The summed E-state index contributed by atoms with van der Waals surface area (Å²) in [6, 6.07) is -18.3. The summed E-state index contributed by atoms with van der Waals surface area (Å²) in [4.78, 5) is 228. The van der Waals surface area contributed by atoms with Crippen molar-refractivity contribution >= 4 is 107 Å². The van der Waals surface area contributed by atoms with E-state index in [0.29, 0.717) is 0 Å². The second-order valence-corrected chi connectivity index (χ2v) is 23.5. The Morgan fingerprint density at radius 2 is 0.938 bits per heavy atom. The molecule has 40 nitrogen and oxygen atoms in total. The van der Waals surface area contributed by atoms with E-state index in [4.69, 9.17) is 40.1 Å². The molecule has 0 aromatic carbocycles. The third kappa shape index (κ3) is 32.8. The molecule has 0 aromatic heterocycles. The predicted octanol–water partition coefficient (Wildman–Crippen LogP) is -9.51. The average Bonchev–Trinajstić information content (AvgIpc) is 1.57. The van der Waals surface area contributed by atoms with Crippen LogP contribution in [0.5, 0.6) is 0 Å². The molecule has 14 amide bonds. The molecule has 28 N–H and O–H groups in total. The van der Waals surface area contributed by atoms with Crippen LogP contribution in [0.25, 0.3) is 0 Å². The number of unbranched alkanes of at least 4 members (excludes halogenated alkanes) is 1. The second kappa shape index (κ2) is 43.2. The van der Waals surface area contributed by atoms with Crippen LogP contribution in [0.3, 0.4) is 0 Å². The number of hydrogen-bond donors (Lipinski definition) is 21. The third-order valence-electron chi connectivity index (χ3n) is 14.3. The van der Waals surface area contributed by atoms with E-state index in [1.165, 1.54) is 0 Å². The number of primary amides is 3. The van der Waals surface area contributed by atoms with Gasteiger partial charge in [-0.3, -0.25) is 81.7 Å². The maximum atomic E-state index is 14.4. The average molecular weight is 1370 g/mol. The van der Waals surface area contributed by atoms with Crippen LogP contribution in [0.2, 0.25) is 0 Å². The molecule has 0 spiro atoms. The lowest BCUT2D eigenvalue weighted by Crippen LogP contribution is -2.61. The molecule has 0 saturated carbocycles. The molecule has 1 aliphatic heterocycles. The first kappa shape index (κ1) is 84.2. The number of nitrogens with zero attached hydrogens (tertiary/aromatic N) is 2. The Hall–Kier alpha value is -9.86. The third-order valence-corrected chi connectivity index (χ3v) is 14.3. The minimum absolute atomic E-state index is 0.00775. The number of carbonyl (C=O) groups is 17. The lowest BCUT2D eigenvalue weighted by atomic mass is 10.00. The molecule has 1 saturated heterocycles. The van der Waals surface area contributed by atoms with Crippen LogP contribution in [0.1, 0.15) is 130 Å². The highest BCUT2D eigenvalue weighted by molar-refractivity contribution is 6.01. The van der Waals surface area contributed by atoms with Crippen molar-refractivity contribution in [3.63, 3.8) is 0 Å². The van der Waals surface area contributed by atoms with Gasteiger partial charge in [-0.15, -0.1) is 0 Å². The molecule has 96 heavy (non-hydrogen) atoms. The Kier molecular flexibility index (Phi) is 37.9. The van der Waals surface area contributed by atoms with E-state index >= 15 is 0 Å². The van der Waals surface area contributed by atoms with Gasteiger partial charge in [0.2, 0.25) is 82.7 Å². The number of carboxylic acids is 3. The number of aliphatic hydroxyl groups excluding tert-OH is 1. The molecule has 11 atom stereocenters. The molecule has 0 unspecified atom stereocenters. The minimum Gasteiger partial charge on any atom is -0.481 e. The fraction of sp³-hybridized carbons (Fsp3) is 0.679. The number of guanidine groups is 1. The van der Waals surface area contributed by atoms with Gasteiger partial charge < -0.3 is 119 Å². The number of amides is 14. The summed E-state index contributed by atoms with van der Waals surface area (Å²) in [6.45, 7) is 4.93. The van der Waals surface area contributed by atoms with Crippen LogP contribution in [-0.4, -0.2) is 231 Å². The first-order valence-corrected chi connectivity index (χ1v) is 30.8. The standard InChI is InChI=1S/C56H95N19O21/c1-26(2)19-33(70-45(85)28(58)25-76)50(90)72-36(22-41(61)79)51(91)71-34(20-27(3)4)49(89)68-30(12-14-39(59)77)48(88)67-29(9-5-6-16-57)47(87)73-37(23-44(83)84)52(92)69-31(13-15-43(81)82)54(94)75-18-8-11-38(75)53(93)74-35(21-40(60)78)46(86)65-24-42(80)66-32(55(95)96)10-7-17-64-56(62)63/h26-38,76H,5-25,57-58H2,1-4H3,(H2,59,77)(H2,60,78)(H2,61,79)(H,65,86)(H,66,80)(H,67,88)(H,68,89)(H,69,92)(H,70,85)(H,71,91)(H,72,90)(H,73,87)(H,74,93)(H,81,82)(H,83,84)(H,95,96)(H4,62,63,64)/t28-,29-,30-,31-,32-,33-,34-,35-,36-,37-,38-/m0/s1. The zero-order valence-electron chi connectivity index (χ0n) is 54.0. The first-order valence-electron chi connectivity index (χ1n) is 30.8. The number of hydrogen-bond acceptors (Lipinski definition) is 21. The van der Waals surface area contributed by atoms with Gasteiger partial charge in [-0.25, -0.2) is 4.79 Å². The number of rotatable bonds is 47. The number of aliphatic carboxylic acids is 3. The van der Waals surface area contributed by atoms with Crippen molar-refractivity contribution in [2.45, 2.75) is 197 Å². The second-order valence-electron chi connectivity index (χ2n) is 23.5. The van der Waals surface area contributed by atoms with Crippen molar-refractivity contribution in [2.24, 2.45) is 57.0 Å². The topological polar surface area (TPSA) is 689 Å². The predicted molar refractivity (Wildman–Crippen MR) is 335 cm³/mol. The molecule has 1 aliphatic rings. The van der Waals surface area contributed by atoms with Gasteiger partial charge in [0.05, 0.1) is 32.4 Å². The van der Waals surface area contributed by atoms with E-state index in [1.54, 1.807) is 27.7 Å². The molecular weight excluding hydrogens is 1270 g/mol. The largest absolute Gasteiger partial charge is 0.481 e. The Labute approximate surface area is 551 Å². The summed E-state index contributed by atoms with van der Waals surface area (Å²) in [5.74, 6) is -20.9. The molecule has 540 valence electrons. The van der Waals surface area contributed by atoms with Gasteiger partial charge in [0.25, 0.3) is 0 Å². The summed E-state index contributed by atoms with van der Waals surface area (Å²) in [5.41, 5.74) is 38.0. The molecule has 0 aromatic rings. The van der Waals surface area contributed by atoms with E-state index < -0.39 is 231 Å². The Morgan fingerprint density at radius 3 is 1.41 bits per heavy atom. The van der Waals surface area contributed by atoms with Gasteiger partial charge in [0, 0.05) is 25.9 Å². The van der Waals surface area contributed by atoms with E-state index in [-0.39, 0.29) is 89.3 Å². The number of likely N-dealkylation sites (tertiary alicyclic amines) is 1. The summed E-state index contributed by atoms with van der Waals surface area (Å²) in [7, 11) is 0. The fourth-order valence-electron chi connectivity index (χ4n) is 9.52. The fourth-order valence-corrected chi connectivity index (χ4v) is 9.52. The van der Waals surface area contributed by atoms with E-state index in [2.05, 4.69) is 58.2 Å². The molecule has 1 heterocycles. The van der Waals surface area contributed by atoms with Crippen molar-refractivity contribution in [1.29, 1.82) is 0 Å². The Morgan fingerprint density at radius 1 is 0.490 bits per heavy atom. The van der Waals surface area contributed by atoms with Crippen LogP contribution < -0.4 is 93.3 Å². The molecule has 0 bridgehead atoms. The molecule has 0 radical (unpaired) electrons. The number of carbonyl (C=O) groups excluding carboxylic acids is 14. The molecule has 40 heteroatoms. The van der Waals surface area contributed by atoms with Gasteiger partial charge in [-0.05, 0) is 89.0 Å². The highest BCUT2D eigenvalue weighted by Crippen LogP contribution is 2.21. The zero-order chi connectivity index (χ0) is 73.1. The SMILES string of the molecule is CC(C)C[C@H](NC(=O)[C@H](CC(N)=O)NC(=O)[C@H](CC(C)C)NC(=O)[C@@H](N)CO)C(=O)N[C@@H](CCC(N)=O)C(=O)N[C@@H](CCCCN)C(=O)N[C@@H](CC(=O)O)C(=O)N[C@@H](CCC(=O)O)C(=O)N1CCC[C@H]1C(=O)N[C@@H](CC(N)=O)C(=O)NCC(=O)N[C@@H](CCCN=C(N)N)C(=O)O. The number of aliphatic imine (C=N–C) groups is 1. The van der Waals surface area contributed by atoms with Crippen LogP contribution >= 0.6 is 0 Å². The van der Waals surface area contributed by atoms with E-state index in [9.17, 15) is 102 Å². The summed E-state index contributed by atoms with van der Waals surface area (Å²) >= 11 is 0. The van der Waals surface area contributed by atoms with Crippen LogP contribution in [0.4, 0.5) is 0 Å².